The van der Waals surface area contributed by atoms with Gasteiger partial charge in [0.05, 0.1) is 7.11 Å². The van der Waals surface area contributed by atoms with Crippen molar-refractivity contribution in [3.8, 4) is 5.75 Å². The topological polar surface area (TPSA) is 42.4 Å². The molecule has 0 saturated heterocycles. The van der Waals surface area contributed by atoms with E-state index in [0.29, 0.717) is 0 Å². The molecule has 2 rings (SSSR count). The summed E-state index contributed by atoms with van der Waals surface area (Å²) in [6.45, 7) is 5.84. The van der Waals surface area contributed by atoms with E-state index in [0.717, 1.165) is 33.8 Å². The zero-order valence-corrected chi connectivity index (χ0v) is 11.8. The Morgan fingerprint density at radius 2 is 1.74 bits per heavy atom. The Kier molecular flexibility index (Phi) is 3.86. The summed E-state index contributed by atoms with van der Waals surface area (Å²) >= 11 is 0. The predicted octanol–water partition coefficient (Wildman–Crippen LogP) is 3.10. The second-order valence-corrected chi connectivity index (χ2v) is 4.75. The highest BCUT2D eigenvalue weighted by Gasteiger charge is 2.16. The first-order valence-electron chi connectivity index (χ1n) is 6.29. The maximum absolute atomic E-state index is 10.5. The van der Waals surface area contributed by atoms with Gasteiger partial charge in [-0.3, -0.25) is 4.98 Å². The van der Waals surface area contributed by atoms with Gasteiger partial charge in [0.15, 0.2) is 0 Å². The first kappa shape index (κ1) is 13.6. The van der Waals surface area contributed by atoms with Crippen LogP contribution in [0.15, 0.2) is 30.3 Å². The summed E-state index contributed by atoms with van der Waals surface area (Å²) < 4.78 is 5.18. The van der Waals surface area contributed by atoms with Gasteiger partial charge in [0.1, 0.15) is 11.9 Å². The molecule has 0 bridgehead atoms. The van der Waals surface area contributed by atoms with E-state index in [1.54, 1.807) is 7.11 Å². The van der Waals surface area contributed by atoms with Crippen molar-refractivity contribution in [1.82, 2.24) is 4.98 Å². The molecule has 0 fully saturated rings. The van der Waals surface area contributed by atoms with E-state index in [-0.39, 0.29) is 0 Å². The van der Waals surface area contributed by atoms with Gasteiger partial charge in [-0.1, -0.05) is 12.1 Å². The molecule has 0 aliphatic carbocycles. The Balaban J connectivity index is 2.41. The van der Waals surface area contributed by atoms with E-state index < -0.39 is 6.10 Å². The molecule has 0 saturated carbocycles. The quantitative estimate of drug-likeness (QED) is 0.918. The van der Waals surface area contributed by atoms with Crippen LogP contribution in [0.2, 0.25) is 0 Å². The summed E-state index contributed by atoms with van der Waals surface area (Å²) in [5.41, 5.74) is 4.56. The van der Waals surface area contributed by atoms with Gasteiger partial charge in [-0.15, -0.1) is 0 Å². The maximum Gasteiger partial charge on any atom is 0.119 e. The van der Waals surface area contributed by atoms with Crippen molar-refractivity contribution >= 4 is 0 Å². The van der Waals surface area contributed by atoms with Crippen molar-refractivity contribution in [3.63, 3.8) is 0 Å². The molecule has 2 aromatic rings. The van der Waals surface area contributed by atoms with E-state index >= 15 is 0 Å². The number of rotatable bonds is 3. The maximum atomic E-state index is 10.5. The van der Waals surface area contributed by atoms with Crippen LogP contribution in [-0.4, -0.2) is 17.2 Å². The van der Waals surface area contributed by atoms with E-state index in [1.807, 2.05) is 51.1 Å². The van der Waals surface area contributed by atoms with Crippen LogP contribution in [-0.2, 0) is 0 Å². The van der Waals surface area contributed by atoms with Gasteiger partial charge in [-0.2, -0.15) is 0 Å². The van der Waals surface area contributed by atoms with Gasteiger partial charge in [0.25, 0.3) is 0 Å². The highest BCUT2D eigenvalue weighted by molar-refractivity contribution is 5.41. The molecule has 0 aliphatic heterocycles. The number of ether oxygens (including phenoxy) is 1. The SMILES string of the molecule is COc1ccc(C(O)c2ccc(C)nc2C)c(C)c1. The van der Waals surface area contributed by atoms with Gasteiger partial charge in [0, 0.05) is 17.0 Å². The summed E-state index contributed by atoms with van der Waals surface area (Å²) in [5, 5.41) is 10.5. The Bertz CT molecular complexity index is 593. The molecule has 3 heteroatoms. The van der Waals surface area contributed by atoms with Crippen molar-refractivity contribution in [2.45, 2.75) is 26.9 Å². The van der Waals surface area contributed by atoms with E-state index in [4.69, 9.17) is 4.74 Å². The molecule has 0 aliphatic rings. The van der Waals surface area contributed by atoms with Gasteiger partial charge < -0.3 is 9.84 Å². The molecule has 1 aromatic carbocycles. The summed E-state index contributed by atoms with van der Waals surface area (Å²) in [7, 11) is 1.64. The molecule has 0 radical (unpaired) electrons. The molecular formula is C16H19NO2. The average Bonchev–Trinajstić information content (AvgIpc) is 2.37. The van der Waals surface area contributed by atoms with Gasteiger partial charge in [-0.05, 0) is 50.1 Å². The van der Waals surface area contributed by atoms with Crippen molar-refractivity contribution in [2.75, 3.05) is 7.11 Å². The zero-order chi connectivity index (χ0) is 14.0. The molecule has 1 heterocycles. The molecule has 1 N–H and O–H groups in total. The van der Waals surface area contributed by atoms with Crippen LogP contribution >= 0.6 is 0 Å². The van der Waals surface area contributed by atoms with Crippen molar-refractivity contribution < 1.29 is 9.84 Å². The first-order valence-corrected chi connectivity index (χ1v) is 6.29. The molecule has 1 aromatic heterocycles. The standard InChI is InChI=1S/C16H19NO2/c1-10-9-13(19-4)6-8-14(10)16(18)15-7-5-11(2)17-12(15)3/h5-9,16,18H,1-4H3. The number of hydrogen-bond donors (Lipinski definition) is 1. The summed E-state index contributed by atoms with van der Waals surface area (Å²) in [6, 6.07) is 9.55. The lowest BCUT2D eigenvalue weighted by Crippen LogP contribution is -2.06. The molecule has 100 valence electrons. The highest BCUT2D eigenvalue weighted by atomic mass is 16.5. The molecule has 1 atom stereocenters. The highest BCUT2D eigenvalue weighted by Crippen LogP contribution is 2.28. The number of pyridine rings is 1. The monoisotopic (exact) mass is 257 g/mol. The second kappa shape index (κ2) is 5.41. The number of hydrogen-bond acceptors (Lipinski definition) is 3. The third-order valence-electron chi connectivity index (χ3n) is 3.33. The van der Waals surface area contributed by atoms with Gasteiger partial charge in [-0.25, -0.2) is 0 Å². The Morgan fingerprint density at radius 3 is 2.32 bits per heavy atom. The van der Waals surface area contributed by atoms with Crippen molar-refractivity contribution in [1.29, 1.82) is 0 Å². The van der Waals surface area contributed by atoms with E-state index in [1.165, 1.54) is 0 Å². The number of benzene rings is 1. The number of aromatic nitrogens is 1. The van der Waals surface area contributed by atoms with Gasteiger partial charge >= 0.3 is 0 Å². The minimum atomic E-state index is -0.654. The van der Waals surface area contributed by atoms with E-state index in [2.05, 4.69) is 4.98 Å². The van der Waals surface area contributed by atoms with Crippen LogP contribution in [0.3, 0.4) is 0 Å². The molecule has 3 nitrogen and oxygen atoms in total. The van der Waals surface area contributed by atoms with Crippen LogP contribution in [0.5, 0.6) is 5.75 Å². The molecular weight excluding hydrogens is 238 g/mol. The predicted molar refractivity (Wildman–Crippen MR) is 75.5 cm³/mol. The van der Waals surface area contributed by atoms with Crippen LogP contribution in [0.4, 0.5) is 0 Å². The number of nitrogens with zero attached hydrogens (tertiary/aromatic N) is 1. The fourth-order valence-electron chi connectivity index (χ4n) is 2.24. The van der Waals surface area contributed by atoms with Crippen LogP contribution in [0, 0.1) is 20.8 Å². The van der Waals surface area contributed by atoms with Crippen LogP contribution in [0.1, 0.15) is 34.2 Å². The van der Waals surface area contributed by atoms with Gasteiger partial charge in [0.2, 0.25) is 0 Å². The lowest BCUT2D eigenvalue weighted by molar-refractivity contribution is 0.218. The lowest BCUT2D eigenvalue weighted by Gasteiger charge is -2.17. The lowest BCUT2D eigenvalue weighted by atomic mass is 9.96. The van der Waals surface area contributed by atoms with Crippen molar-refractivity contribution in [2.24, 2.45) is 0 Å². The van der Waals surface area contributed by atoms with Crippen LogP contribution in [0.25, 0.3) is 0 Å². The third-order valence-corrected chi connectivity index (χ3v) is 3.33. The number of aliphatic hydroxyl groups excluding tert-OH is 1. The summed E-state index contributed by atoms with van der Waals surface area (Å²) in [5.74, 6) is 0.798. The van der Waals surface area contributed by atoms with Crippen molar-refractivity contribution in [3.05, 3.63) is 58.4 Å². The average molecular weight is 257 g/mol. The Morgan fingerprint density at radius 1 is 1.05 bits per heavy atom. The second-order valence-electron chi connectivity index (χ2n) is 4.75. The smallest absolute Gasteiger partial charge is 0.119 e. The number of aliphatic hydroxyl groups is 1. The Labute approximate surface area is 113 Å². The largest absolute Gasteiger partial charge is 0.497 e. The third kappa shape index (κ3) is 2.76. The first-order chi connectivity index (χ1) is 9.02. The van der Waals surface area contributed by atoms with E-state index in [9.17, 15) is 5.11 Å². The molecule has 19 heavy (non-hydrogen) atoms. The zero-order valence-electron chi connectivity index (χ0n) is 11.8. The molecule has 0 spiro atoms. The fourth-order valence-corrected chi connectivity index (χ4v) is 2.24. The Hall–Kier alpha value is -1.87. The van der Waals surface area contributed by atoms with Crippen LogP contribution < -0.4 is 4.74 Å². The normalized spacial score (nSPS) is 12.3. The summed E-state index contributed by atoms with van der Waals surface area (Å²) in [6.07, 6.45) is -0.654. The fraction of sp³-hybridized carbons (Fsp3) is 0.312. The molecule has 1 unspecified atom stereocenters. The number of methoxy groups -OCH3 is 1. The summed E-state index contributed by atoms with van der Waals surface area (Å²) in [4.78, 5) is 4.40. The number of aryl methyl sites for hydroxylation is 3. The minimum absolute atomic E-state index is 0.654. The minimum Gasteiger partial charge on any atom is -0.497 e. The molecule has 0 amide bonds.